The summed E-state index contributed by atoms with van der Waals surface area (Å²) in [6.07, 6.45) is 5.19. The number of fused-ring (bicyclic) bond motifs is 1. The third-order valence-electron chi connectivity index (χ3n) is 3.97. The van der Waals surface area contributed by atoms with E-state index in [9.17, 15) is 4.79 Å². The maximum atomic E-state index is 12.2. The molecule has 3 nitrogen and oxygen atoms in total. The quantitative estimate of drug-likeness (QED) is 0.778. The van der Waals surface area contributed by atoms with Crippen molar-refractivity contribution in [3.8, 4) is 0 Å². The smallest absolute Gasteiger partial charge is 0.295 e. The fourth-order valence-electron chi connectivity index (χ4n) is 2.99. The first-order valence-corrected chi connectivity index (χ1v) is 6.41. The molecular weight excluding hydrogens is 212 g/mol. The van der Waals surface area contributed by atoms with E-state index < -0.39 is 0 Å². The summed E-state index contributed by atoms with van der Waals surface area (Å²) in [5, 5.41) is 0. The molecule has 0 N–H and O–H groups in total. The molecular formula is C14H18N2O. The Morgan fingerprint density at radius 2 is 1.82 bits per heavy atom. The number of aryl methyl sites for hydroxylation is 1. The Hall–Kier alpha value is -1.51. The summed E-state index contributed by atoms with van der Waals surface area (Å²) in [6.45, 7) is 0.889. The van der Waals surface area contributed by atoms with Crippen molar-refractivity contribution in [2.45, 2.75) is 32.2 Å². The minimum absolute atomic E-state index is 0.123. The molecule has 1 aliphatic carbocycles. The van der Waals surface area contributed by atoms with Gasteiger partial charge in [-0.25, -0.2) is 4.79 Å². The third-order valence-corrected chi connectivity index (χ3v) is 3.97. The summed E-state index contributed by atoms with van der Waals surface area (Å²) in [4.78, 5) is 12.2. The van der Waals surface area contributed by atoms with Gasteiger partial charge >= 0.3 is 5.69 Å². The van der Waals surface area contributed by atoms with Gasteiger partial charge in [0.05, 0.1) is 11.0 Å². The summed E-state index contributed by atoms with van der Waals surface area (Å²) in [7, 11) is 1.86. The van der Waals surface area contributed by atoms with Crippen LogP contribution in [0.2, 0.25) is 0 Å². The van der Waals surface area contributed by atoms with Crippen LogP contribution in [-0.4, -0.2) is 9.13 Å². The lowest BCUT2D eigenvalue weighted by Gasteiger charge is -2.09. The van der Waals surface area contributed by atoms with Gasteiger partial charge in [-0.3, -0.25) is 9.13 Å². The monoisotopic (exact) mass is 230 g/mol. The molecule has 0 radical (unpaired) electrons. The zero-order chi connectivity index (χ0) is 11.8. The van der Waals surface area contributed by atoms with Crippen LogP contribution in [0, 0.1) is 5.92 Å². The van der Waals surface area contributed by atoms with Crippen molar-refractivity contribution in [2.75, 3.05) is 0 Å². The average molecular weight is 230 g/mol. The lowest BCUT2D eigenvalue weighted by molar-refractivity contribution is 0.453. The number of hydrogen-bond acceptors (Lipinski definition) is 1. The van der Waals surface area contributed by atoms with Crippen LogP contribution in [0.5, 0.6) is 0 Å². The van der Waals surface area contributed by atoms with E-state index in [1.165, 1.54) is 25.7 Å². The van der Waals surface area contributed by atoms with E-state index in [0.29, 0.717) is 5.92 Å². The molecule has 17 heavy (non-hydrogen) atoms. The maximum absolute atomic E-state index is 12.2. The number of benzene rings is 1. The Kier molecular flexibility index (Phi) is 2.54. The van der Waals surface area contributed by atoms with E-state index in [-0.39, 0.29) is 5.69 Å². The molecule has 1 aromatic carbocycles. The molecule has 1 saturated carbocycles. The zero-order valence-corrected chi connectivity index (χ0v) is 10.2. The topological polar surface area (TPSA) is 26.9 Å². The molecule has 0 spiro atoms. The Morgan fingerprint density at radius 1 is 1.18 bits per heavy atom. The van der Waals surface area contributed by atoms with Crippen LogP contribution in [0.4, 0.5) is 0 Å². The zero-order valence-electron chi connectivity index (χ0n) is 10.2. The Morgan fingerprint density at radius 3 is 2.53 bits per heavy atom. The number of rotatable bonds is 2. The van der Waals surface area contributed by atoms with Gasteiger partial charge in [-0.2, -0.15) is 0 Å². The van der Waals surface area contributed by atoms with E-state index in [0.717, 1.165) is 17.6 Å². The Labute approximate surface area is 101 Å². The highest BCUT2D eigenvalue weighted by atomic mass is 16.1. The predicted octanol–water partition coefficient (Wildman–Crippen LogP) is 2.53. The number of para-hydroxylation sites is 2. The number of imidazole rings is 1. The lowest BCUT2D eigenvalue weighted by Crippen LogP contribution is -2.24. The van der Waals surface area contributed by atoms with Gasteiger partial charge in [0.15, 0.2) is 0 Å². The van der Waals surface area contributed by atoms with E-state index >= 15 is 0 Å². The van der Waals surface area contributed by atoms with Gasteiger partial charge in [-0.05, 0) is 30.9 Å². The SMILES string of the molecule is Cn1c(=O)n(CC2CCCC2)c2ccccc21. The fraction of sp³-hybridized carbons (Fsp3) is 0.500. The highest BCUT2D eigenvalue weighted by Gasteiger charge is 2.18. The minimum Gasteiger partial charge on any atom is -0.295 e. The van der Waals surface area contributed by atoms with E-state index in [2.05, 4.69) is 0 Å². The predicted molar refractivity (Wildman–Crippen MR) is 69.1 cm³/mol. The standard InChI is InChI=1S/C14H18N2O/c1-15-12-8-4-5-9-13(12)16(14(15)17)10-11-6-2-3-7-11/h4-5,8-9,11H,2-3,6-7,10H2,1H3. The minimum atomic E-state index is 0.123. The summed E-state index contributed by atoms with van der Waals surface area (Å²) in [5.74, 6) is 0.693. The lowest BCUT2D eigenvalue weighted by atomic mass is 10.1. The molecule has 0 amide bonds. The van der Waals surface area contributed by atoms with Crippen LogP contribution in [0.25, 0.3) is 11.0 Å². The van der Waals surface area contributed by atoms with Crippen molar-refractivity contribution >= 4 is 11.0 Å². The molecule has 0 aliphatic heterocycles. The van der Waals surface area contributed by atoms with Crippen molar-refractivity contribution in [3.63, 3.8) is 0 Å². The molecule has 3 heteroatoms. The van der Waals surface area contributed by atoms with E-state index in [1.54, 1.807) is 4.57 Å². The second-order valence-electron chi connectivity index (χ2n) is 5.09. The largest absolute Gasteiger partial charge is 0.328 e. The van der Waals surface area contributed by atoms with Crippen molar-refractivity contribution in [1.82, 2.24) is 9.13 Å². The van der Waals surface area contributed by atoms with Crippen LogP contribution in [-0.2, 0) is 13.6 Å². The number of hydrogen-bond donors (Lipinski definition) is 0. The van der Waals surface area contributed by atoms with Crippen LogP contribution in [0.15, 0.2) is 29.1 Å². The van der Waals surface area contributed by atoms with Crippen LogP contribution >= 0.6 is 0 Å². The van der Waals surface area contributed by atoms with Crippen molar-refractivity contribution < 1.29 is 0 Å². The van der Waals surface area contributed by atoms with Crippen LogP contribution in [0.3, 0.4) is 0 Å². The summed E-state index contributed by atoms with van der Waals surface area (Å²) >= 11 is 0. The van der Waals surface area contributed by atoms with Crippen LogP contribution in [0.1, 0.15) is 25.7 Å². The highest BCUT2D eigenvalue weighted by molar-refractivity contribution is 5.75. The molecule has 1 fully saturated rings. The van der Waals surface area contributed by atoms with Crippen LogP contribution < -0.4 is 5.69 Å². The second-order valence-corrected chi connectivity index (χ2v) is 5.09. The summed E-state index contributed by atoms with van der Waals surface area (Å²) in [5.41, 5.74) is 2.24. The second kappa shape index (κ2) is 4.06. The number of nitrogens with zero attached hydrogens (tertiary/aromatic N) is 2. The van der Waals surface area contributed by atoms with Gasteiger partial charge in [0, 0.05) is 13.6 Å². The Balaban J connectivity index is 2.08. The average Bonchev–Trinajstić information content (AvgIpc) is 2.94. The van der Waals surface area contributed by atoms with E-state index in [4.69, 9.17) is 0 Å². The van der Waals surface area contributed by atoms with E-state index in [1.807, 2.05) is 35.9 Å². The van der Waals surface area contributed by atoms with Gasteiger partial charge in [-0.15, -0.1) is 0 Å². The van der Waals surface area contributed by atoms with Crippen molar-refractivity contribution in [1.29, 1.82) is 0 Å². The third kappa shape index (κ3) is 1.70. The molecule has 2 aromatic rings. The van der Waals surface area contributed by atoms with Gasteiger partial charge in [0.1, 0.15) is 0 Å². The molecule has 0 unspecified atom stereocenters. The molecule has 0 bridgehead atoms. The Bertz CT molecular complexity index is 588. The van der Waals surface area contributed by atoms with Gasteiger partial charge < -0.3 is 0 Å². The first kappa shape index (κ1) is 10.6. The first-order chi connectivity index (χ1) is 8.27. The van der Waals surface area contributed by atoms with Gasteiger partial charge in [-0.1, -0.05) is 25.0 Å². The summed E-state index contributed by atoms with van der Waals surface area (Å²) in [6, 6.07) is 8.06. The molecule has 0 saturated heterocycles. The maximum Gasteiger partial charge on any atom is 0.328 e. The van der Waals surface area contributed by atoms with Gasteiger partial charge in [0.2, 0.25) is 0 Å². The molecule has 1 aromatic heterocycles. The molecule has 1 heterocycles. The molecule has 0 atom stereocenters. The molecule has 1 aliphatic rings. The summed E-state index contributed by atoms with van der Waals surface area (Å²) < 4.78 is 3.70. The number of aromatic nitrogens is 2. The molecule has 3 rings (SSSR count). The van der Waals surface area contributed by atoms with Crippen molar-refractivity contribution in [3.05, 3.63) is 34.7 Å². The normalized spacial score (nSPS) is 17.0. The van der Waals surface area contributed by atoms with Crippen molar-refractivity contribution in [2.24, 2.45) is 13.0 Å². The fourth-order valence-corrected chi connectivity index (χ4v) is 2.99. The first-order valence-electron chi connectivity index (χ1n) is 6.41. The van der Waals surface area contributed by atoms with Gasteiger partial charge in [0.25, 0.3) is 0 Å². The molecule has 90 valence electrons. The highest BCUT2D eigenvalue weighted by Crippen LogP contribution is 2.26.